The SMILES string of the molecule is CC(C(=O)N(C)c1ccc2cc(-c3n[nH]c4c3CCC(C)(C)C4)[nH]c2c1)C1CCCCC1. The molecule has 2 N–H and O–H groups in total. The van der Waals surface area contributed by atoms with E-state index in [1.165, 1.54) is 49.8 Å². The van der Waals surface area contributed by atoms with Crippen molar-refractivity contribution in [3.8, 4) is 11.4 Å². The lowest BCUT2D eigenvalue weighted by Gasteiger charge is -2.30. The number of rotatable bonds is 4. The molecule has 1 amide bonds. The van der Waals surface area contributed by atoms with E-state index in [4.69, 9.17) is 0 Å². The van der Waals surface area contributed by atoms with Crippen molar-refractivity contribution >= 4 is 22.5 Å². The van der Waals surface area contributed by atoms with Crippen LogP contribution in [0.1, 0.15) is 70.6 Å². The number of fused-ring (bicyclic) bond motifs is 2. The third-order valence-electron chi connectivity index (χ3n) is 7.99. The summed E-state index contributed by atoms with van der Waals surface area (Å²) >= 11 is 0. The number of aromatic nitrogens is 3. The summed E-state index contributed by atoms with van der Waals surface area (Å²) in [6, 6.07) is 8.46. The van der Waals surface area contributed by atoms with E-state index < -0.39 is 0 Å². The van der Waals surface area contributed by atoms with Gasteiger partial charge in [0, 0.05) is 40.8 Å². The zero-order chi connectivity index (χ0) is 22.5. The lowest BCUT2D eigenvalue weighted by molar-refractivity contribution is -0.123. The second-order valence-electron chi connectivity index (χ2n) is 10.9. The number of amides is 1. The van der Waals surface area contributed by atoms with Gasteiger partial charge >= 0.3 is 0 Å². The van der Waals surface area contributed by atoms with Crippen LogP contribution < -0.4 is 4.90 Å². The molecule has 1 unspecified atom stereocenters. The molecule has 1 aromatic carbocycles. The van der Waals surface area contributed by atoms with Crippen LogP contribution >= 0.6 is 0 Å². The summed E-state index contributed by atoms with van der Waals surface area (Å²) in [6.45, 7) is 6.77. The van der Waals surface area contributed by atoms with Gasteiger partial charge in [0.15, 0.2) is 0 Å². The molecule has 3 aromatic rings. The molecule has 1 atom stereocenters. The Balaban J connectivity index is 1.39. The summed E-state index contributed by atoms with van der Waals surface area (Å²) in [5, 5.41) is 9.11. The molecule has 2 aromatic heterocycles. The Morgan fingerprint density at radius 2 is 1.97 bits per heavy atom. The minimum absolute atomic E-state index is 0.0787. The van der Waals surface area contributed by atoms with Crippen molar-refractivity contribution in [2.45, 2.75) is 72.1 Å². The van der Waals surface area contributed by atoms with E-state index in [1.807, 2.05) is 11.9 Å². The highest BCUT2D eigenvalue weighted by Crippen LogP contribution is 2.38. The molecule has 2 aliphatic carbocycles. The summed E-state index contributed by atoms with van der Waals surface area (Å²) in [5.41, 5.74) is 7.06. The van der Waals surface area contributed by atoms with Gasteiger partial charge < -0.3 is 9.88 Å². The summed E-state index contributed by atoms with van der Waals surface area (Å²) in [6.07, 6.45) is 9.50. The van der Waals surface area contributed by atoms with Crippen LogP contribution in [0.5, 0.6) is 0 Å². The Labute approximate surface area is 191 Å². The molecule has 170 valence electrons. The molecule has 5 rings (SSSR count). The normalized spacial score (nSPS) is 19.6. The predicted molar refractivity (Wildman–Crippen MR) is 131 cm³/mol. The molecule has 2 heterocycles. The number of benzene rings is 1. The Morgan fingerprint density at radius 1 is 1.19 bits per heavy atom. The van der Waals surface area contributed by atoms with Crippen molar-refractivity contribution in [2.75, 3.05) is 11.9 Å². The molecular weight excluding hydrogens is 396 g/mol. The topological polar surface area (TPSA) is 64.8 Å². The van der Waals surface area contributed by atoms with Gasteiger partial charge in [-0.25, -0.2) is 0 Å². The molecule has 5 nitrogen and oxygen atoms in total. The first-order valence-corrected chi connectivity index (χ1v) is 12.3. The molecule has 0 spiro atoms. The summed E-state index contributed by atoms with van der Waals surface area (Å²) < 4.78 is 0. The van der Waals surface area contributed by atoms with Crippen LogP contribution in [0.3, 0.4) is 0 Å². The third kappa shape index (κ3) is 3.87. The predicted octanol–water partition coefficient (Wildman–Crippen LogP) is 6.25. The van der Waals surface area contributed by atoms with Crippen molar-refractivity contribution < 1.29 is 4.79 Å². The lowest BCUT2D eigenvalue weighted by Crippen LogP contribution is -2.35. The molecule has 1 saturated carbocycles. The first-order valence-electron chi connectivity index (χ1n) is 12.3. The van der Waals surface area contributed by atoms with E-state index >= 15 is 0 Å². The molecule has 5 heteroatoms. The number of hydrogen-bond donors (Lipinski definition) is 2. The molecule has 0 saturated heterocycles. The van der Waals surface area contributed by atoms with Crippen molar-refractivity contribution in [1.82, 2.24) is 15.2 Å². The number of anilines is 1. The molecule has 2 aliphatic rings. The number of carbonyl (C=O) groups is 1. The second kappa shape index (κ2) is 8.09. The van der Waals surface area contributed by atoms with Crippen molar-refractivity contribution in [2.24, 2.45) is 17.3 Å². The minimum atomic E-state index is 0.0787. The van der Waals surface area contributed by atoms with Crippen molar-refractivity contribution in [3.05, 3.63) is 35.5 Å². The van der Waals surface area contributed by atoms with E-state index in [2.05, 4.69) is 60.2 Å². The van der Waals surface area contributed by atoms with Gasteiger partial charge in [0.25, 0.3) is 0 Å². The molecule has 0 bridgehead atoms. The highest BCUT2D eigenvalue weighted by atomic mass is 16.2. The lowest BCUT2D eigenvalue weighted by atomic mass is 9.76. The number of carbonyl (C=O) groups excluding carboxylic acids is 1. The Hall–Kier alpha value is -2.56. The Bertz CT molecular complexity index is 1130. The average molecular weight is 433 g/mol. The number of nitrogens with zero attached hydrogens (tertiary/aromatic N) is 2. The van der Waals surface area contributed by atoms with Gasteiger partial charge in [0.2, 0.25) is 5.91 Å². The van der Waals surface area contributed by atoms with E-state index in [0.717, 1.165) is 40.8 Å². The molecule has 32 heavy (non-hydrogen) atoms. The van der Waals surface area contributed by atoms with Crippen LogP contribution in [0.2, 0.25) is 0 Å². The molecule has 1 fully saturated rings. The van der Waals surface area contributed by atoms with Gasteiger partial charge in [0.1, 0.15) is 5.69 Å². The zero-order valence-corrected chi connectivity index (χ0v) is 19.9. The van der Waals surface area contributed by atoms with Gasteiger partial charge in [-0.15, -0.1) is 0 Å². The number of H-pyrrole nitrogens is 2. The van der Waals surface area contributed by atoms with Gasteiger partial charge in [-0.2, -0.15) is 5.10 Å². The summed E-state index contributed by atoms with van der Waals surface area (Å²) in [4.78, 5) is 18.6. The number of hydrogen-bond acceptors (Lipinski definition) is 2. The van der Waals surface area contributed by atoms with Crippen LogP contribution in [0.4, 0.5) is 5.69 Å². The van der Waals surface area contributed by atoms with Gasteiger partial charge in [-0.05, 0) is 61.6 Å². The quantitative estimate of drug-likeness (QED) is 0.511. The van der Waals surface area contributed by atoms with E-state index in [-0.39, 0.29) is 11.8 Å². The monoisotopic (exact) mass is 432 g/mol. The highest BCUT2D eigenvalue weighted by molar-refractivity contribution is 5.97. The summed E-state index contributed by atoms with van der Waals surface area (Å²) in [5.74, 6) is 0.831. The third-order valence-corrected chi connectivity index (χ3v) is 7.99. The van der Waals surface area contributed by atoms with Crippen LogP contribution in [0.15, 0.2) is 24.3 Å². The fourth-order valence-electron chi connectivity index (χ4n) is 5.79. The van der Waals surface area contributed by atoms with Crippen molar-refractivity contribution in [1.29, 1.82) is 0 Å². The van der Waals surface area contributed by atoms with Gasteiger partial charge in [-0.3, -0.25) is 9.89 Å². The van der Waals surface area contributed by atoms with E-state index in [9.17, 15) is 4.79 Å². The standard InChI is InChI=1S/C27H36N4O/c1-17(18-8-6-5-7-9-18)26(32)31(4)20-11-10-19-14-23(28-22(19)15-20)25-21-12-13-27(2,3)16-24(21)29-30-25/h10-11,14-15,17-18,28H,5-9,12-13,16H2,1-4H3,(H,29,30). The Morgan fingerprint density at radius 3 is 2.75 bits per heavy atom. The molecular formula is C27H36N4O. The number of nitrogens with one attached hydrogen (secondary N) is 2. The van der Waals surface area contributed by atoms with Crippen LogP contribution in [-0.4, -0.2) is 28.1 Å². The maximum absolute atomic E-state index is 13.2. The fourth-order valence-corrected chi connectivity index (χ4v) is 5.79. The fraction of sp³-hybridized carbons (Fsp3) is 0.556. The zero-order valence-electron chi connectivity index (χ0n) is 19.9. The molecule has 0 aliphatic heterocycles. The maximum Gasteiger partial charge on any atom is 0.229 e. The van der Waals surface area contributed by atoms with Crippen molar-refractivity contribution in [3.63, 3.8) is 0 Å². The van der Waals surface area contributed by atoms with Crippen LogP contribution in [-0.2, 0) is 17.6 Å². The Kier molecular flexibility index (Phi) is 5.39. The van der Waals surface area contributed by atoms with E-state index in [1.54, 1.807) is 0 Å². The molecule has 0 radical (unpaired) electrons. The highest BCUT2D eigenvalue weighted by Gasteiger charge is 2.30. The smallest absolute Gasteiger partial charge is 0.229 e. The van der Waals surface area contributed by atoms with Gasteiger partial charge in [0.05, 0.1) is 5.69 Å². The largest absolute Gasteiger partial charge is 0.353 e. The van der Waals surface area contributed by atoms with E-state index in [0.29, 0.717) is 11.3 Å². The first kappa shape index (κ1) is 21.3. The second-order valence-corrected chi connectivity index (χ2v) is 10.9. The average Bonchev–Trinajstić information content (AvgIpc) is 3.40. The van der Waals surface area contributed by atoms with Crippen LogP contribution in [0, 0.1) is 17.3 Å². The minimum Gasteiger partial charge on any atom is -0.353 e. The maximum atomic E-state index is 13.2. The summed E-state index contributed by atoms with van der Waals surface area (Å²) in [7, 11) is 1.92. The van der Waals surface area contributed by atoms with Crippen LogP contribution in [0.25, 0.3) is 22.3 Å². The van der Waals surface area contributed by atoms with Gasteiger partial charge in [-0.1, -0.05) is 46.1 Å². The first-order chi connectivity index (χ1) is 15.3. The number of aromatic amines is 2.